The summed E-state index contributed by atoms with van der Waals surface area (Å²) in [7, 11) is 0. The lowest BCUT2D eigenvalue weighted by Crippen LogP contribution is -2.39. The first-order valence-corrected chi connectivity index (χ1v) is 11.3. The van der Waals surface area contributed by atoms with E-state index in [-0.39, 0.29) is 11.5 Å². The number of hydrogen-bond acceptors (Lipinski definition) is 7. The maximum absolute atomic E-state index is 13.3. The van der Waals surface area contributed by atoms with E-state index in [9.17, 15) is 9.59 Å². The van der Waals surface area contributed by atoms with Gasteiger partial charge in [-0.05, 0) is 43.3 Å². The van der Waals surface area contributed by atoms with Gasteiger partial charge in [0, 0.05) is 11.0 Å². The van der Waals surface area contributed by atoms with Crippen LogP contribution in [-0.2, 0) is 9.53 Å². The van der Waals surface area contributed by atoms with Crippen LogP contribution in [-0.4, -0.2) is 17.1 Å². The smallest absolute Gasteiger partial charge is 0.338 e. The molecule has 0 bridgehead atoms. The zero-order valence-electron chi connectivity index (χ0n) is 17.2. The molecule has 0 saturated carbocycles. The second kappa shape index (κ2) is 8.20. The number of esters is 1. The third kappa shape index (κ3) is 3.85. The SMILES string of the molecule is CC1=C(C(=O)OCC(C)C)C(c2cccs2)n2c(s/c(=C/c3ccc(C)o3)c2=O)=N1. The molecule has 3 aromatic heterocycles. The molecule has 0 spiro atoms. The van der Waals surface area contributed by atoms with E-state index in [2.05, 4.69) is 4.99 Å². The molecule has 3 aromatic rings. The van der Waals surface area contributed by atoms with Crippen LogP contribution >= 0.6 is 22.7 Å². The summed E-state index contributed by atoms with van der Waals surface area (Å²) >= 11 is 2.79. The van der Waals surface area contributed by atoms with Gasteiger partial charge in [-0.15, -0.1) is 11.3 Å². The number of nitrogens with zero attached hydrogens (tertiary/aromatic N) is 2. The van der Waals surface area contributed by atoms with Crippen LogP contribution in [0.4, 0.5) is 0 Å². The van der Waals surface area contributed by atoms with E-state index < -0.39 is 12.0 Å². The summed E-state index contributed by atoms with van der Waals surface area (Å²) in [5.41, 5.74) is 0.780. The number of carbonyl (C=O) groups is 1. The number of fused-ring (bicyclic) bond motifs is 1. The second-order valence-electron chi connectivity index (χ2n) is 7.54. The first kappa shape index (κ1) is 20.6. The van der Waals surface area contributed by atoms with E-state index in [1.165, 1.54) is 22.7 Å². The number of allylic oxidation sites excluding steroid dienone is 1. The highest BCUT2D eigenvalue weighted by atomic mass is 32.1. The van der Waals surface area contributed by atoms with E-state index in [1.807, 2.05) is 50.4 Å². The van der Waals surface area contributed by atoms with Gasteiger partial charge in [-0.1, -0.05) is 31.3 Å². The number of furan rings is 1. The Bertz CT molecular complexity index is 1290. The molecule has 0 N–H and O–H groups in total. The Morgan fingerprint density at radius 3 is 2.77 bits per heavy atom. The number of aromatic nitrogens is 1. The highest BCUT2D eigenvalue weighted by molar-refractivity contribution is 7.10. The van der Waals surface area contributed by atoms with E-state index in [0.717, 1.165) is 10.6 Å². The maximum Gasteiger partial charge on any atom is 0.338 e. The quantitative estimate of drug-likeness (QED) is 0.568. The zero-order valence-corrected chi connectivity index (χ0v) is 18.8. The first-order chi connectivity index (χ1) is 14.3. The largest absolute Gasteiger partial charge is 0.462 e. The number of ether oxygens (including phenoxy) is 1. The first-order valence-electron chi connectivity index (χ1n) is 9.64. The molecule has 8 heteroatoms. The fourth-order valence-corrected chi connectivity index (χ4v) is 5.13. The summed E-state index contributed by atoms with van der Waals surface area (Å²) in [5, 5.41) is 1.93. The van der Waals surface area contributed by atoms with Crippen molar-refractivity contribution in [3.8, 4) is 0 Å². The van der Waals surface area contributed by atoms with Gasteiger partial charge in [0.1, 0.15) is 17.6 Å². The third-order valence-corrected chi connectivity index (χ3v) is 6.54. The summed E-state index contributed by atoms with van der Waals surface area (Å²) in [4.78, 5) is 32.3. The molecule has 156 valence electrons. The van der Waals surface area contributed by atoms with Crippen LogP contribution in [0.25, 0.3) is 6.08 Å². The lowest BCUT2D eigenvalue weighted by molar-refractivity contribution is -0.140. The molecule has 0 amide bonds. The van der Waals surface area contributed by atoms with Crippen molar-refractivity contribution in [1.29, 1.82) is 0 Å². The van der Waals surface area contributed by atoms with Gasteiger partial charge in [0.25, 0.3) is 5.56 Å². The minimum atomic E-state index is -0.554. The Morgan fingerprint density at radius 2 is 2.13 bits per heavy atom. The number of carbonyl (C=O) groups excluding carboxylic acids is 1. The average Bonchev–Trinajstić information content (AvgIpc) is 3.41. The number of aryl methyl sites for hydroxylation is 1. The average molecular weight is 443 g/mol. The number of rotatable bonds is 5. The molecule has 4 rings (SSSR count). The Hall–Kier alpha value is -2.71. The summed E-state index contributed by atoms with van der Waals surface area (Å²) in [6.45, 7) is 7.93. The number of thiazole rings is 1. The van der Waals surface area contributed by atoms with Crippen LogP contribution in [0.3, 0.4) is 0 Å². The minimum Gasteiger partial charge on any atom is -0.462 e. The third-order valence-electron chi connectivity index (χ3n) is 4.64. The molecule has 0 radical (unpaired) electrons. The Kier molecular flexibility index (Phi) is 5.62. The van der Waals surface area contributed by atoms with Gasteiger partial charge in [-0.2, -0.15) is 0 Å². The van der Waals surface area contributed by atoms with Gasteiger partial charge in [0.2, 0.25) is 0 Å². The fourth-order valence-electron chi connectivity index (χ4n) is 3.28. The van der Waals surface area contributed by atoms with Crippen molar-refractivity contribution < 1.29 is 13.9 Å². The fraction of sp³-hybridized carbons (Fsp3) is 0.318. The van der Waals surface area contributed by atoms with Crippen molar-refractivity contribution in [2.24, 2.45) is 10.9 Å². The lowest BCUT2D eigenvalue weighted by atomic mass is 10.0. The maximum atomic E-state index is 13.3. The molecule has 30 heavy (non-hydrogen) atoms. The Balaban J connectivity index is 1.87. The molecule has 1 aliphatic rings. The van der Waals surface area contributed by atoms with Gasteiger partial charge in [-0.25, -0.2) is 9.79 Å². The van der Waals surface area contributed by atoms with Crippen LogP contribution in [0, 0.1) is 12.8 Å². The van der Waals surface area contributed by atoms with Crippen LogP contribution in [0.1, 0.15) is 43.2 Å². The standard InChI is InChI=1S/C22H22N2O4S2/c1-12(2)11-27-21(26)18-14(4)23-22-24(19(18)16-6-5-9-29-16)20(25)17(30-22)10-15-8-7-13(3)28-15/h5-10,12,19H,11H2,1-4H3/b17-10+. The zero-order chi connectivity index (χ0) is 21.4. The predicted molar refractivity (Wildman–Crippen MR) is 117 cm³/mol. The van der Waals surface area contributed by atoms with Crippen molar-refractivity contribution >= 4 is 34.7 Å². The molecule has 0 aliphatic carbocycles. The van der Waals surface area contributed by atoms with Gasteiger partial charge >= 0.3 is 5.97 Å². The summed E-state index contributed by atoms with van der Waals surface area (Å²) < 4.78 is 13.2. The minimum absolute atomic E-state index is 0.201. The molecule has 1 aliphatic heterocycles. The van der Waals surface area contributed by atoms with Gasteiger partial charge < -0.3 is 9.15 Å². The topological polar surface area (TPSA) is 73.8 Å². The van der Waals surface area contributed by atoms with Crippen molar-refractivity contribution in [3.05, 3.63) is 77.0 Å². The van der Waals surface area contributed by atoms with Crippen molar-refractivity contribution in [1.82, 2.24) is 4.57 Å². The molecule has 1 unspecified atom stereocenters. The molecule has 1 atom stereocenters. The molecule has 4 heterocycles. The monoisotopic (exact) mass is 442 g/mol. The summed E-state index contributed by atoms with van der Waals surface area (Å²) in [5.74, 6) is 1.17. The van der Waals surface area contributed by atoms with Crippen LogP contribution in [0.5, 0.6) is 0 Å². The second-order valence-corrected chi connectivity index (χ2v) is 9.53. The predicted octanol–water partition coefficient (Wildman–Crippen LogP) is 3.40. The number of hydrogen-bond donors (Lipinski definition) is 0. The molecule has 6 nitrogen and oxygen atoms in total. The molecular formula is C22H22N2O4S2. The molecule has 0 aromatic carbocycles. The van der Waals surface area contributed by atoms with Crippen LogP contribution in [0.2, 0.25) is 0 Å². The molecular weight excluding hydrogens is 420 g/mol. The Morgan fingerprint density at radius 1 is 1.33 bits per heavy atom. The van der Waals surface area contributed by atoms with E-state index in [1.54, 1.807) is 17.6 Å². The van der Waals surface area contributed by atoms with Crippen molar-refractivity contribution in [2.75, 3.05) is 6.61 Å². The highest BCUT2D eigenvalue weighted by Crippen LogP contribution is 2.33. The van der Waals surface area contributed by atoms with Crippen molar-refractivity contribution in [3.63, 3.8) is 0 Å². The van der Waals surface area contributed by atoms with Crippen LogP contribution in [0.15, 0.2) is 55.1 Å². The normalized spacial score (nSPS) is 16.7. The van der Waals surface area contributed by atoms with Crippen molar-refractivity contribution in [2.45, 2.75) is 33.7 Å². The summed E-state index contributed by atoms with van der Waals surface area (Å²) in [6.07, 6.45) is 1.72. The Labute approximate surface area is 181 Å². The highest BCUT2D eigenvalue weighted by Gasteiger charge is 2.34. The number of thiophene rings is 1. The molecule has 0 fully saturated rings. The van der Waals surface area contributed by atoms with E-state index >= 15 is 0 Å². The lowest BCUT2D eigenvalue weighted by Gasteiger charge is -2.23. The van der Waals surface area contributed by atoms with Gasteiger partial charge in [-0.3, -0.25) is 9.36 Å². The van der Waals surface area contributed by atoms with E-state index in [0.29, 0.717) is 33.0 Å². The van der Waals surface area contributed by atoms with Crippen LogP contribution < -0.4 is 14.9 Å². The molecule has 0 saturated heterocycles. The summed E-state index contributed by atoms with van der Waals surface area (Å²) in [6, 6.07) is 6.96. The van der Waals surface area contributed by atoms with E-state index in [4.69, 9.17) is 9.15 Å². The van der Waals surface area contributed by atoms with Gasteiger partial charge in [0.05, 0.1) is 22.4 Å². The van der Waals surface area contributed by atoms with Gasteiger partial charge in [0.15, 0.2) is 4.80 Å².